The molecule has 0 aliphatic heterocycles. The average Bonchev–Trinajstić information content (AvgIpc) is 2.85. The highest BCUT2D eigenvalue weighted by Gasteiger charge is 2.50. The van der Waals surface area contributed by atoms with Gasteiger partial charge in [0.25, 0.3) is 8.32 Å². The number of aliphatic hydroxyl groups is 1. The Morgan fingerprint density at radius 1 is 0.784 bits per heavy atom. The minimum Gasteiger partial charge on any atom is -0.507 e. The van der Waals surface area contributed by atoms with Gasteiger partial charge in [0.05, 0.1) is 6.61 Å². The summed E-state index contributed by atoms with van der Waals surface area (Å²) in [5, 5.41) is 16.2. The van der Waals surface area contributed by atoms with Crippen molar-refractivity contribution in [3.63, 3.8) is 0 Å². The lowest BCUT2D eigenvalue weighted by Gasteiger charge is -2.43. The van der Waals surface area contributed by atoms with E-state index in [0.29, 0.717) is 11.1 Å². The van der Waals surface area contributed by atoms with Crippen molar-refractivity contribution in [3.8, 4) is 0 Å². The van der Waals surface area contributed by atoms with E-state index in [1.165, 1.54) is 0 Å². The summed E-state index contributed by atoms with van der Waals surface area (Å²) in [6, 6.07) is 30.0. The van der Waals surface area contributed by atoms with Crippen molar-refractivity contribution < 1.29 is 19.1 Å². The lowest BCUT2D eigenvalue weighted by molar-refractivity contribution is 0.0531. The van der Waals surface area contributed by atoms with Crippen LogP contribution in [0.5, 0.6) is 0 Å². The maximum absolute atomic E-state index is 12.5. The molecule has 0 radical (unpaired) electrons. The first kappa shape index (κ1) is 28.2. The average molecular weight is 518 g/mol. The molecule has 0 unspecified atom stereocenters. The van der Waals surface area contributed by atoms with E-state index >= 15 is 0 Å². The summed E-state index contributed by atoms with van der Waals surface area (Å²) in [4.78, 5) is 12.5. The zero-order valence-corrected chi connectivity index (χ0v) is 23.7. The number of hydrogen-bond acceptors (Lipinski definition) is 4. The minimum atomic E-state index is -2.84. The van der Waals surface area contributed by atoms with Crippen LogP contribution >= 0.6 is 0 Å². The van der Waals surface area contributed by atoms with Crippen LogP contribution in [0.15, 0.2) is 96.6 Å². The molecule has 1 amide bonds. The molecule has 3 aromatic rings. The molecule has 37 heavy (non-hydrogen) atoms. The van der Waals surface area contributed by atoms with E-state index in [9.17, 15) is 9.90 Å². The smallest absolute Gasteiger partial charge is 0.407 e. The van der Waals surface area contributed by atoms with Crippen molar-refractivity contribution in [2.75, 3.05) is 13.2 Å². The van der Waals surface area contributed by atoms with Crippen molar-refractivity contribution in [1.82, 2.24) is 5.32 Å². The first-order valence-corrected chi connectivity index (χ1v) is 14.5. The zero-order chi connectivity index (χ0) is 27.1. The number of carbonyl (C=O) groups excluding carboxylic acids is 1. The molecule has 196 valence electrons. The fourth-order valence-corrected chi connectivity index (χ4v) is 9.00. The number of ether oxygens (including phenoxy) is 1. The molecule has 0 aromatic heterocycles. The van der Waals surface area contributed by atoms with Gasteiger partial charge >= 0.3 is 6.09 Å². The number of amides is 1. The van der Waals surface area contributed by atoms with Crippen LogP contribution < -0.4 is 15.7 Å². The second-order valence-corrected chi connectivity index (χ2v) is 15.4. The van der Waals surface area contributed by atoms with Crippen molar-refractivity contribution in [2.24, 2.45) is 0 Å². The number of alkyl carbamates (subject to hydrolysis) is 1. The molecular weight excluding hydrogens is 478 g/mol. The quantitative estimate of drug-likeness (QED) is 0.282. The predicted octanol–water partition coefficient (Wildman–Crippen LogP) is 6.06. The van der Waals surface area contributed by atoms with Gasteiger partial charge in [-0.1, -0.05) is 112 Å². The van der Waals surface area contributed by atoms with Crippen molar-refractivity contribution in [2.45, 2.75) is 52.2 Å². The molecule has 0 atom stereocenters. The topological polar surface area (TPSA) is 67.8 Å². The maximum atomic E-state index is 12.5. The maximum Gasteiger partial charge on any atom is 0.407 e. The number of hydrogen-bond donors (Lipinski definition) is 2. The third-order valence-electron chi connectivity index (χ3n) is 6.11. The number of rotatable bonds is 8. The van der Waals surface area contributed by atoms with Crippen molar-refractivity contribution in [3.05, 3.63) is 102 Å². The largest absolute Gasteiger partial charge is 0.507 e. The number of carbonyl (C=O) groups is 1. The number of aliphatic hydroxyl groups excluding tert-OH is 1. The standard InChI is InChI=1S/C31H39NO4Si/c1-30(2,3)36-29(34)32-22-25(28(33)24-16-10-7-11-17-24)23-35-37(31(4,5)6,26-18-12-8-13-19-26)27-20-14-9-15-21-27/h7-21,33H,22-23H2,1-6H3,(H,32,34)/b28-25-. The monoisotopic (exact) mass is 517 g/mol. The molecule has 0 bridgehead atoms. The van der Waals surface area contributed by atoms with E-state index in [0.717, 1.165) is 10.4 Å². The van der Waals surface area contributed by atoms with E-state index in [4.69, 9.17) is 9.16 Å². The van der Waals surface area contributed by atoms with Crippen LogP contribution in [0.4, 0.5) is 4.79 Å². The third-order valence-corrected chi connectivity index (χ3v) is 11.1. The lowest BCUT2D eigenvalue weighted by atomic mass is 10.1. The van der Waals surface area contributed by atoms with Crippen LogP contribution in [0, 0.1) is 0 Å². The van der Waals surface area contributed by atoms with E-state index in [1.807, 2.05) is 87.5 Å². The van der Waals surface area contributed by atoms with Gasteiger partial charge in [-0.15, -0.1) is 0 Å². The van der Waals surface area contributed by atoms with E-state index in [2.05, 4.69) is 50.4 Å². The highest BCUT2D eigenvalue weighted by molar-refractivity contribution is 6.99. The molecule has 2 N–H and O–H groups in total. The van der Waals surface area contributed by atoms with Gasteiger partial charge in [-0.25, -0.2) is 4.79 Å². The molecule has 3 aromatic carbocycles. The molecule has 6 heteroatoms. The number of benzene rings is 3. The fraction of sp³-hybridized carbons (Fsp3) is 0.323. The summed E-state index contributed by atoms with van der Waals surface area (Å²) < 4.78 is 12.5. The van der Waals surface area contributed by atoms with Gasteiger partial charge < -0.3 is 19.6 Å². The summed E-state index contributed by atoms with van der Waals surface area (Å²) >= 11 is 0. The van der Waals surface area contributed by atoms with Gasteiger partial charge in [0.15, 0.2) is 0 Å². The molecule has 0 fully saturated rings. The Morgan fingerprint density at radius 3 is 1.68 bits per heavy atom. The molecule has 5 nitrogen and oxygen atoms in total. The van der Waals surface area contributed by atoms with E-state index < -0.39 is 20.0 Å². The summed E-state index contributed by atoms with van der Waals surface area (Å²) in [5.74, 6) is 0.0922. The Hall–Kier alpha value is -3.35. The van der Waals surface area contributed by atoms with Gasteiger partial charge in [0, 0.05) is 17.7 Å². The predicted molar refractivity (Wildman–Crippen MR) is 154 cm³/mol. The molecular formula is C31H39NO4Si. The second kappa shape index (κ2) is 11.8. The third kappa shape index (κ3) is 7.12. The number of nitrogens with one attached hydrogen (secondary N) is 1. The second-order valence-electron chi connectivity index (χ2n) is 11.1. The first-order valence-electron chi connectivity index (χ1n) is 12.6. The Kier molecular flexibility index (Phi) is 9.00. The molecule has 0 saturated carbocycles. The summed E-state index contributed by atoms with van der Waals surface area (Å²) in [6.07, 6.45) is -0.545. The van der Waals surface area contributed by atoms with Crippen molar-refractivity contribution >= 4 is 30.5 Å². The highest BCUT2D eigenvalue weighted by atomic mass is 28.4. The van der Waals surface area contributed by atoms with Crippen LogP contribution in [0.3, 0.4) is 0 Å². The van der Waals surface area contributed by atoms with E-state index in [-0.39, 0.29) is 23.9 Å². The molecule has 0 spiro atoms. The van der Waals surface area contributed by atoms with Crippen LogP contribution in [0.2, 0.25) is 5.04 Å². The van der Waals surface area contributed by atoms with Crippen LogP contribution in [0.25, 0.3) is 5.76 Å². The lowest BCUT2D eigenvalue weighted by Crippen LogP contribution is -2.66. The Labute approximate surface area is 222 Å². The zero-order valence-electron chi connectivity index (χ0n) is 22.7. The molecule has 0 aliphatic rings. The summed E-state index contributed by atoms with van der Waals surface area (Å²) in [5.41, 5.74) is 0.612. The fourth-order valence-electron chi connectivity index (χ4n) is 4.45. The van der Waals surface area contributed by atoms with Crippen molar-refractivity contribution in [1.29, 1.82) is 0 Å². The highest BCUT2D eigenvalue weighted by Crippen LogP contribution is 2.37. The van der Waals surface area contributed by atoms with Crippen LogP contribution in [-0.4, -0.2) is 38.3 Å². The van der Waals surface area contributed by atoms with Gasteiger partial charge in [0.2, 0.25) is 0 Å². The van der Waals surface area contributed by atoms with Crippen LogP contribution in [0.1, 0.15) is 47.1 Å². The summed E-state index contributed by atoms with van der Waals surface area (Å²) in [7, 11) is -2.84. The summed E-state index contributed by atoms with van der Waals surface area (Å²) in [6.45, 7) is 12.3. The van der Waals surface area contributed by atoms with Crippen LogP contribution in [-0.2, 0) is 9.16 Å². The first-order chi connectivity index (χ1) is 17.4. The van der Waals surface area contributed by atoms with Gasteiger partial charge in [-0.3, -0.25) is 0 Å². The van der Waals surface area contributed by atoms with Gasteiger partial charge in [-0.2, -0.15) is 0 Å². The normalized spacial score (nSPS) is 13.0. The molecule has 0 saturated heterocycles. The Balaban J connectivity index is 2.04. The van der Waals surface area contributed by atoms with Gasteiger partial charge in [-0.05, 0) is 36.2 Å². The Morgan fingerprint density at radius 2 is 1.24 bits per heavy atom. The molecule has 0 aliphatic carbocycles. The minimum absolute atomic E-state index is 0.0911. The SMILES string of the molecule is CC(C)(C)OC(=O)NC/C(CO[Si](c1ccccc1)(c1ccccc1)C(C)(C)C)=C(/O)c1ccccc1. The van der Waals surface area contributed by atoms with Gasteiger partial charge in [0.1, 0.15) is 11.4 Å². The Bertz CT molecular complexity index is 1140. The molecule has 3 rings (SSSR count). The molecule has 0 heterocycles. The van der Waals surface area contributed by atoms with E-state index in [1.54, 1.807) is 0 Å².